The molecule has 12 rings (SSSR count). The largest absolute Gasteiger partial charge is 0.309 e. The molecule has 12 aromatic rings. The molecule has 62 heavy (non-hydrogen) atoms. The quantitative estimate of drug-likeness (QED) is 0.161. The average Bonchev–Trinajstić information content (AvgIpc) is 3.90. The zero-order chi connectivity index (χ0) is 41.0. The van der Waals surface area contributed by atoms with Crippen LogP contribution in [0.2, 0.25) is 0 Å². The van der Waals surface area contributed by atoms with Gasteiger partial charge in [-0.15, -0.1) is 11.3 Å². The van der Waals surface area contributed by atoms with E-state index in [2.05, 4.69) is 199 Å². The minimum atomic E-state index is 0.646. The Morgan fingerprint density at radius 1 is 0.306 bits per heavy atom. The van der Waals surface area contributed by atoms with Gasteiger partial charge in [0.2, 0.25) is 0 Å². The molecular weight excluding hydrogens is 773 g/mol. The number of para-hydroxylation sites is 3. The third-order valence-electron chi connectivity index (χ3n) is 11.9. The maximum absolute atomic E-state index is 5.10. The van der Waals surface area contributed by atoms with Crippen LogP contribution in [-0.2, 0) is 0 Å². The molecule has 0 aliphatic carbocycles. The fourth-order valence-corrected chi connectivity index (χ4v) is 10.1. The summed E-state index contributed by atoms with van der Waals surface area (Å²) in [7, 11) is 0. The predicted molar refractivity (Wildman–Crippen MR) is 260 cm³/mol. The summed E-state index contributed by atoms with van der Waals surface area (Å²) in [5.74, 6) is 1.95. The van der Waals surface area contributed by atoms with Crippen molar-refractivity contribution in [3.05, 3.63) is 218 Å². The highest BCUT2D eigenvalue weighted by molar-refractivity contribution is 7.25. The van der Waals surface area contributed by atoms with Gasteiger partial charge in [0.05, 0.1) is 11.0 Å². The van der Waals surface area contributed by atoms with E-state index in [1.165, 1.54) is 69.8 Å². The number of hydrogen-bond donors (Lipinski definition) is 0. The molecule has 0 atom stereocenters. The molecule has 0 bridgehead atoms. The van der Waals surface area contributed by atoms with Crippen LogP contribution in [0.1, 0.15) is 0 Å². The highest BCUT2D eigenvalue weighted by Gasteiger charge is 2.19. The number of thiophene rings is 1. The Labute approximate surface area is 362 Å². The molecule has 5 heteroatoms. The minimum Gasteiger partial charge on any atom is -0.309 e. The van der Waals surface area contributed by atoms with Gasteiger partial charge < -0.3 is 4.57 Å². The molecule has 290 valence electrons. The van der Waals surface area contributed by atoms with Gasteiger partial charge in [0.1, 0.15) is 0 Å². The fraction of sp³-hybridized carbons (Fsp3) is 0. The first-order valence-electron chi connectivity index (χ1n) is 20.8. The number of fused-ring (bicyclic) bond motifs is 6. The van der Waals surface area contributed by atoms with Gasteiger partial charge in [0.15, 0.2) is 17.5 Å². The molecule has 0 N–H and O–H groups in total. The van der Waals surface area contributed by atoms with E-state index in [4.69, 9.17) is 15.0 Å². The molecular formula is C57H36N4S. The molecule has 0 spiro atoms. The zero-order valence-corrected chi connectivity index (χ0v) is 34.3. The molecule has 4 nitrogen and oxygen atoms in total. The SMILES string of the molecule is c1ccc(-c2ccc(-c3nc(-c4ccccc4)nc(-c4ccc5c(c4)sc4cc(-c6ccccc6-c6cccc7c8ccccc8n(-c8ccccc8)c67)ccc45)n3)cc2)cc1. The minimum absolute atomic E-state index is 0.646. The first kappa shape index (κ1) is 35.9. The average molecular weight is 809 g/mol. The van der Waals surface area contributed by atoms with E-state index in [1.54, 1.807) is 0 Å². The Kier molecular flexibility index (Phi) is 8.65. The topological polar surface area (TPSA) is 43.6 Å². The van der Waals surface area contributed by atoms with Crippen LogP contribution in [-0.4, -0.2) is 19.5 Å². The lowest BCUT2D eigenvalue weighted by molar-refractivity contribution is 1.07. The van der Waals surface area contributed by atoms with Gasteiger partial charge in [0, 0.05) is 58.9 Å². The molecule has 0 fully saturated rings. The highest BCUT2D eigenvalue weighted by Crippen LogP contribution is 2.43. The Balaban J connectivity index is 0.957. The molecule has 9 aromatic carbocycles. The zero-order valence-electron chi connectivity index (χ0n) is 33.5. The normalized spacial score (nSPS) is 11.5. The van der Waals surface area contributed by atoms with E-state index in [0.717, 1.165) is 27.9 Å². The van der Waals surface area contributed by atoms with E-state index < -0.39 is 0 Å². The van der Waals surface area contributed by atoms with Gasteiger partial charge in [-0.2, -0.15) is 0 Å². The van der Waals surface area contributed by atoms with Crippen molar-refractivity contribution < 1.29 is 0 Å². The lowest BCUT2D eigenvalue weighted by Crippen LogP contribution is -2.00. The number of benzene rings is 9. The van der Waals surface area contributed by atoms with Crippen molar-refractivity contribution in [1.82, 2.24) is 19.5 Å². The number of aromatic nitrogens is 4. The van der Waals surface area contributed by atoms with Gasteiger partial charge in [0.25, 0.3) is 0 Å². The Bertz CT molecular complexity index is 3610. The first-order valence-corrected chi connectivity index (χ1v) is 21.7. The number of hydrogen-bond acceptors (Lipinski definition) is 4. The molecule has 0 aliphatic rings. The van der Waals surface area contributed by atoms with Crippen LogP contribution >= 0.6 is 11.3 Å². The van der Waals surface area contributed by atoms with Crippen molar-refractivity contribution in [3.63, 3.8) is 0 Å². The first-order chi connectivity index (χ1) is 30.7. The standard InChI is InChI=1S/C57H36N4S/c1-4-15-37(16-5-1)38-27-29-40(30-28-38)56-58-55(39-17-6-2-7-18-39)59-57(60-56)42-32-34-48-47-33-31-41(35-52(47)62-53(48)36-42)44-21-10-11-22-45(44)49-24-14-25-50-46-23-12-13-26-51(46)61(54(49)50)43-19-8-3-9-20-43/h1-36H. The van der Waals surface area contributed by atoms with E-state index in [-0.39, 0.29) is 0 Å². The van der Waals surface area contributed by atoms with Crippen LogP contribution in [0, 0.1) is 0 Å². The summed E-state index contributed by atoms with van der Waals surface area (Å²) in [4.78, 5) is 15.1. The van der Waals surface area contributed by atoms with Crippen molar-refractivity contribution in [1.29, 1.82) is 0 Å². The van der Waals surface area contributed by atoms with Crippen LogP contribution in [0.25, 0.3) is 115 Å². The molecule has 0 saturated heterocycles. The lowest BCUT2D eigenvalue weighted by atomic mass is 9.93. The van der Waals surface area contributed by atoms with Crippen molar-refractivity contribution in [2.24, 2.45) is 0 Å². The third-order valence-corrected chi connectivity index (χ3v) is 13.0. The summed E-state index contributed by atoms with van der Waals surface area (Å²) in [5, 5.41) is 4.96. The molecule has 0 amide bonds. The Morgan fingerprint density at radius 2 is 0.774 bits per heavy atom. The van der Waals surface area contributed by atoms with Gasteiger partial charge in [-0.25, -0.2) is 15.0 Å². The van der Waals surface area contributed by atoms with Crippen LogP contribution in [0.5, 0.6) is 0 Å². The Hall–Kier alpha value is -7.99. The monoisotopic (exact) mass is 808 g/mol. The molecule has 0 unspecified atom stereocenters. The van der Waals surface area contributed by atoms with Crippen molar-refractivity contribution in [2.45, 2.75) is 0 Å². The van der Waals surface area contributed by atoms with Crippen molar-refractivity contribution in [2.75, 3.05) is 0 Å². The second-order valence-electron chi connectivity index (χ2n) is 15.6. The fourth-order valence-electron chi connectivity index (χ4n) is 8.93. The predicted octanol–water partition coefficient (Wildman–Crippen LogP) is 15.3. The second-order valence-corrected chi connectivity index (χ2v) is 16.7. The smallest absolute Gasteiger partial charge is 0.164 e. The molecule has 0 radical (unpaired) electrons. The Morgan fingerprint density at radius 3 is 1.48 bits per heavy atom. The third kappa shape index (κ3) is 6.18. The second kappa shape index (κ2) is 14.9. The lowest BCUT2D eigenvalue weighted by Gasteiger charge is -2.15. The number of nitrogens with zero attached hydrogens (tertiary/aromatic N) is 4. The number of rotatable bonds is 7. The molecule has 0 aliphatic heterocycles. The maximum atomic E-state index is 5.10. The maximum Gasteiger partial charge on any atom is 0.164 e. The van der Waals surface area contributed by atoms with E-state index >= 15 is 0 Å². The highest BCUT2D eigenvalue weighted by atomic mass is 32.1. The van der Waals surface area contributed by atoms with Crippen LogP contribution < -0.4 is 0 Å². The summed E-state index contributed by atoms with van der Waals surface area (Å²) in [6, 6.07) is 77.6. The van der Waals surface area contributed by atoms with Crippen molar-refractivity contribution in [3.8, 4) is 73.2 Å². The van der Waals surface area contributed by atoms with Gasteiger partial charge in [-0.3, -0.25) is 0 Å². The van der Waals surface area contributed by atoms with E-state index in [9.17, 15) is 0 Å². The van der Waals surface area contributed by atoms with Crippen LogP contribution in [0.4, 0.5) is 0 Å². The van der Waals surface area contributed by atoms with Crippen LogP contribution in [0.15, 0.2) is 218 Å². The van der Waals surface area contributed by atoms with Gasteiger partial charge >= 0.3 is 0 Å². The summed E-state index contributed by atoms with van der Waals surface area (Å²) in [6.07, 6.45) is 0. The summed E-state index contributed by atoms with van der Waals surface area (Å²) in [6.45, 7) is 0. The summed E-state index contributed by atoms with van der Waals surface area (Å²) in [5.41, 5.74) is 13.5. The molecule has 0 saturated carbocycles. The summed E-state index contributed by atoms with van der Waals surface area (Å²) >= 11 is 1.81. The van der Waals surface area contributed by atoms with E-state index in [0.29, 0.717) is 17.5 Å². The summed E-state index contributed by atoms with van der Waals surface area (Å²) < 4.78 is 4.85. The van der Waals surface area contributed by atoms with Gasteiger partial charge in [-0.1, -0.05) is 188 Å². The van der Waals surface area contributed by atoms with Crippen LogP contribution in [0.3, 0.4) is 0 Å². The molecule has 3 heterocycles. The van der Waals surface area contributed by atoms with Crippen molar-refractivity contribution >= 4 is 53.3 Å². The molecule has 3 aromatic heterocycles. The van der Waals surface area contributed by atoms with E-state index in [1.807, 2.05) is 35.6 Å². The van der Waals surface area contributed by atoms with Gasteiger partial charge in [-0.05, 0) is 58.1 Å².